The lowest BCUT2D eigenvalue weighted by molar-refractivity contribution is -0.139. The summed E-state index contributed by atoms with van der Waals surface area (Å²) < 4.78 is 8.87. The first-order valence-corrected chi connectivity index (χ1v) is 5.23. The summed E-state index contributed by atoms with van der Waals surface area (Å²) in [6.07, 6.45) is -0.322. The summed E-state index contributed by atoms with van der Waals surface area (Å²) in [5.41, 5.74) is 0.306. The minimum absolute atomic E-state index is 0.306. The third kappa shape index (κ3) is 2.90. The minimum Gasteiger partial charge on any atom is -0.469 e. The van der Waals surface area contributed by atoms with Crippen LogP contribution in [-0.2, 0) is 14.3 Å². The molecule has 0 saturated carbocycles. The van der Waals surface area contributed by atoms with E-state index in [4.69, 9.17) is 0 Å². The summed E-state index contributed by atoms with van der Waals surface area (Å²) in [5, 5.41) is 1.51. The normalized spacial score (nSPS) is 9.62. The fraction of sp³-hybridized carbons (Fsp3) is 0.300. The van der Waals surface area contributed by atoms with Gasteiger partial charge in [0.1, 0.15) is 6.42 Å². The maximum absolute atomic E-state index is 11.5. The molecule has 86 valence electrons. The summed E-state index contributed by atoms with van der Waals surface area (Å²) in [4.78, 5) is 33.8. The predicted octanol–water partition coefficient (Wildman–Crippen LogP) is 1.28. The zero-order valence-corrected chi connectivity index (χ0v) is 9.63. The number of esters is 2. The van der Waals surface area contributed by atoms with E-state index in [1.807, 2.05) is 0 Å². The quantitative estimate of drug-likeness (QED) is 0.452. The number of Topliss-reactive ketones (excluding diaryl/α,β-unsaturated/α-hetero) is 1. The van der Waals surface area contributed by atoms with Crippen LogP contribution in [0.1, 0.15) is 26.5 Å². The Bertz CT molecular complexity index is 421. The van der Waals surface area contributed by atoms with Gasteiger partial charge in [0.2, 0.25) is 0 Å². The minimum atomic E-state index is -0.599. The van der Waals surface area contributed by atoms with E-state index < -0.39 is 11.9 Å². The maximum Gasteiger partial charge on any atom is 0.338 e. The molecule has 0 unspecified atom stereocenters. The smallest absolute Gasteiger partial charge is 0.338 e. The average molecular weight is 242 g/mol. The average Bonchev–Trinajstić information content (AvgIpc) is 2.77. The Kier molecular flexibility index (Phi) is 4.19. The van der Waals surface area contributed by atoms with E-state index in [0.29, 0.717) is 10.4 Å². The highest BCUT2D eigenvalue weighted by Crippen LogP contribution is 2.17. The third-order valence-corrected chi connectivity index (χ3v) is 2.80. The fourth-order valence-corrected chi connectivity index (χ4v) is 1.81. The topological polar surface area (TPSA) is 69.7 Å². The first kappa shape index (κ1) is 12.4. The number of rotatable bonds is 4. The van der Waals surface area contributed by atoms with E-state index in [-0.39, 0.29) is 12.2 Å². The molecule has 0 amide bonds. The molecule has 1 heterocycles. The van der Waals surface area contributed by atoms with Crippen LogP contribution in [0, 0.1) is 0 Å². The molecule has 0 aliphatic carbocycles. The van der Waals surface area contributed by atoms with Crippen molar-refractivity contribution in [2.75, 3.05) is 14.2 Å². The molecule has 0 fully saturated rings. The van der Waals surface area contributed by atoms with Gasteiger partial charge in [-0.3, -0.25) is 9.59 Å². The van der Waals surface area contributed by atoms with Crippen LogP contribution in [-0.4, -0.2) is 31.9 Å². The van der Waals surface area contributed by atoms with Crippen molar-refractivity contribution in [1.82, 2.24) is 0 Å². The lowest BCUT2D eigenvalue weighted by Crippen LogP contribution is -2.08. The summed E-state index contributed by atoms with van der Waals surface area (Å²) in [6.45, 7) is 0. The van der Waals surface area contributed by atoms with Crippen LogP contribution < -0.4 is 0 Å². The van der Waals surface area contributed by atoms with Crippen molar-refractivity contribution in [3.05, 3.63) is 21.9 Å². The number of hydrogen-bond donors (Lipinski definition) is 0. The number of thiophene rings is 1. The van der Waals surface area contributed by atoms with Crippen molar-refractivity contribution < 1.29 is 23.9 Å². The Morgan fingerprint density at radius 3 is 2.50 bits per heavy atom. The number of hydrogen-bond acceptors (Lipinski definition) is 6. The first-order chi connectivity index (χ1) is 7.58. The number of carbonyl (C=O) groups excluding carboxylic acids is 3. The molecule has 0 N–H and O–H groups in total. The lowest BCUT2D eigenvalue weighted by Gasteiger charge is -1.96. The van der Waals surface area contributed by atoms with Crippen LogP contribution in [0.4, 0.5) is 0 Å². The number of ether oxygens (including phenoxy) is 2. The van der Waals surface area contributed by atoms with Gasteiger partial charge in [-0.1, -0.05) is 0 Å². The summed E-state index contributed by atoms with van der Waals surface area (Å²) in [5.74, 6) is -1.47. The van der Waals surface area contributed by atoms with E-state index in [9.17, 15) is 14.4 Å². The molecule has 16 heavy (non-hydrogen) atoms. The molecular formula is C10H10O5S. The Hall–Kier alpha value is -1.69. The highest BCUT2D eigenvalue weighted by atomic mass is 32.1. The summed E-state index contributed by atoms with van der Waals surface area (Å²) in [7, 11) is 2.47. The van der Waals surface area contributed by atoms with Gasteiger partial charge in [0.05, 0.1) is 24.7 Å². The first-order valence-electron chi connectivity index (χ1n) is 4.35. The molecule has 0 aromatic carbocycles. The second-order valence-electron chi connectivity index (χ2n) is 2.87. The molecule has 0 spiro atoms. The molecule has 0 saturated heterocycles. The highest BCUT2D eigenvalue weighted by molar-refractivity contribution is 7.12. The van der Waals surface area contributed by atoms with Crippen LogP contribution in [0.3, 0.4) is 0 Å². The van der Waals surface area contributed by atoms with Gasteiger partial charge in [0.15, 0.2) is 5.78 Å². The Balaban J connectivity index is 2.74. The van der Waals surface area contributed by atoms with Crippen LogP contribution in [0.5, 0.6) is 0 Å². The van der Waals surface area contributed by atoms with Crippen LogP contribution in [0.15, 0.2) is 11.4 Å². The second kappa shape index (κ2) is 5.41. The van der Waals surface area contributed by atoms with Crippen molar-refractivity contribution in [1.29, 1.82) is 0 Å². The van der Waals surface area contributed by atoms with Gasteiger partial charge in [0, 0.05) is 5.38 Å². The Morgan fingerprint density at radius 2 is 1.94 bits per heavy atom. The standard InChI is InChI=1S/C10H10O5S/c1-14-9(12)4-7(11)8-3-6(5-16-8)10(13)15-2/h3,5H,4H2,1-2H3. The zero-order chi connectivity index (χ0) is 12.1. The summed E-state index contributed by atoms with van der Waals surface area (Å²) in [6, 6.07) is 1.40. The van der Waals surface area contributed by atoms with E-state index >= 15 is 0 Å². The third-order valence-electron chi connectivity index (χ3n) is 1.83. The van der Waals surface area contributed by atoms with Gasteiger partial charge < -0.3 is 9.47 Å². The van der Waals surface area contributed by atoms with Crippen molar-refractivity contribution in [3.8, 4) is 0 Å². The van der Waals surface area contributed by atoms with Crippen LogP contribution in [0.25, 0.3) is 0 Å². The molecule has 0 aliphatic rings. The SMILES string of the molecule is COC(=O)CC(=O)c1cc(C(=O)OC)cs1. The molecular weight excluding hydrogens is 232 g/mol. The highest BCUT2D eigenvalue weighted by Gasteiger charge is 2.16. The molecule has 1 aromatic rings. The van der Waals surface area contributed by atoms with Gasteiger partial charge >= 0.3 is 11.9 Å². The fourth-order valence-electron chi connectivity index (χ4n) is 0.998. The van der Waals surface area contributed by atoms with Gasteiger partial charge in [-0.15, -0.1) is 11.3 Å². The van der Waals surface area contributed by atoms with Crippen molar-refractivity contribution >= 4 is 29.1 Å². The molecule has 0 radical (unpaired) electrons. The summed E-state index contributed by atoms with van der Waals surface area (Å²) >= 11 is 1.10. The van der Waals surface area contributed by atoms with Crippen molar-refractivity contribution in [2.45, 2.75) is 6.42 Å². The van der Waals surface area contributed by atoms with E-state index in [1.54, 1.807) is 0 Å². The molecule has 0 atom stereocenters. The van der Waals surface area contributed by atoms with Gasteiger partial charge in [-0.25, -0.2) is 4.79 Å². The van der Waals surface area contributed by atoms with Gasteiger partial charge in [-0.2, -0.15) is 0 Å². The molecule has 6 heteroatoms. The molecule has 1 rings (SSSR count). The Labute approximate surface area is 96.0 Å². The van der Waals surface area contributed by atoms with Crippen molar-refractivity contribution in [3.63, 3.8) is 0 Å². The largest absolute Gasteiger partial charge is 0.469 e. The van der Waals surface area contributed by atoms with E-state index in [0.717, 1.165) is 11.3 Å². The maximum atomic E-state index is 11.5. The Morgan fingerprint density at radius 1 is 1.25 bits per heavy atom. The molecule has 5 nitrogen and oxygen atoms in total. The number of ketones is 1. The van der Waals surface area contributed by atoms with E-state index in [1.165, 1.54) is 25.7 Å². The number of carbonyl (C=O) groups is 3. The van der Waals surface area contributed by atoms with E-state index in [2.05, 4.69) is 9.47 Å². The molecule has 0 bridgehead atoms. The van der Waals surface area contributed by atoms with Crippen LogP contribution in [0.2, 0.25) is 0 Å². The van der Waals surface area contributed by atoms with Crippen molar-refractivity contribution in [2.24, 2.45) is 0 Å². The predicted molar refractivity (Wildman–Crippen MR) is 56.6 cm³/mol. The molecule has 1 aromatic heterocycles. The van der Waals surface area contributed by atoms with Gasteiger partial charge in [0.25, 0.3) is 0 Å². The monoisotopic (exact) mass is 242 g/mol. The molecule has 0 aliphatic heterocycles. The second-order valence-corrected chi connectivity index (χ2v) is 3.78. The van der Waals surface area contributed by atoms with Gasteiger partial charge in [-0.05, 0) is 6.07 Å². The van der Waals surface area contributed by atoms with Crippen LogP contribution >= 0.6 is 11.3 Å². The number of methoxy groups -OCH3 is 2. The lowest BCUT2D eigenvalue weighted by atomic mass is 10.2. The zero-order valence-electron chi connectivity index (χ0n) is 8.81.